The van der Waals surface area contributed by atoms with Gasteiger partial charge in [-0.25, -0.2) is 8.42 Å². The smallest absolute Gasteiger partial charge is 0.152 e. The molecule has 0 aromatic heterocycles. The van der Waals surface area contributed by atoms with E-state index in [0.717, 1.165) is 5.56 Å². The van der Waals surface area contributed by atoms with Crippen LogP contribution in [0.2, 0.25) is 0 Å². The number of hydrogen-bond acceptors (Lipinski definition) is 4. The zero-order valence-corrected chi connectivity index (χ0v) is 10.8. The Morgan fingerprint density at radius 3 is 2.41 bits per heavy atom. The maximum absolute atomic E-state index is 11.7. The summed E-state index contributed by atoms with van der Waals surface area (Å²) in [5.41, 5.74) is 6.33. The SMILES string of the molecule is COC[C@@]1(N)[C@H](S(C)(=O)=O)[C@@H]1c1ccccc1. The van der Waals surface area contributed by atoms with E-state index in [9.17, 15) is 8.42 Å². The van der Waals surface area contributed by atoms with E-state index >= 15 is 0 Å². The van der Waals surface area contributed by atoms with Crippen molar-refractivity contribution < 1.29 is 13.2 Å². The van der Waals surface area contributed by atoms with Gasteiger partial charge in [0.1, 0.15) is 0 Å². The summed E-state index contributed by atoms with van der Waals surface area (Å²) >= 11 is 0. The molecule has 3 atom stereocenters. The van der Waals surface area contributed by atoms with Crippen LogP contribution in [0.1, 0.15) is 11.5 Å². The third kappa shape index (κ3) is 2.10. The third-order valence-electron chi connectivity index (χ3n) is 3.32. The minimum absolute atomic E-state index is 0.168. The predicted molar refractivity (Wildman–Crippen MR) is 66.6 cm³/mol. The summed E-state index contributed by atoms with van der Waals surface area (Å²) in [4.78, 5) is 0. The Labute approximate surface area is 102 Å². The van der Waals surface area contributed by atoms with Crippen LogP contribution in [-0.2, 0) is 14.6 Å². The Morgan fingerprint density at radius 1 is 1.35 bits per heavy atom. The third-order valence-corrected chi connectivity index (χ3v) is 4.95. The molecule has 0 unspecified atom stereocenters. The van der Waals surface area contributed by atoms with Crippen molar-refractivity contribution in [1.82, 2.24) is 0 Å². The lowest BCUT2D eigenvalue weighted by molar-refractivity contribution is 0.171. The molecule has 0 aliphatic heterocycles. The van der Waals surface area contributed by atoms with Crippen LogP contribution in [0.25, 0.3) is 0 Å². The molecule has 94 valence electrons. The van der Waals surface area contributed by atoms with Gasteiger partial charge in [0.25, 0.3) is 0 Å². The summed E-state index contributed by atoms with van der Waals surface area (Å²) in [6.45, 7) is 0.254. The Hall–Kier alpha value is -0.910. The minimum Gasteiger partial charge on any atom is -0.383 e. The first kappa shape index (κ1) is 12.5. The molecule has 0 saturated heterocycles. The van der Waals surface area contributed by atoms with E-state index in [4.69, 9.17) is 10.5 Å². The summed E-state index contributed by atoms with van der Waals surface area (Å²) in [6.07, 6.45) is 1.23. The zero-order chi connectivity index (χ0) is 12.7. The van der Waals surface area contributed by atoms with Gasteiger partial charge in [-0.05, 0) is 5.56 Å². The number of methoxy groups -OCH3 is 1. The highest BCUT2D eigenvalue weighted by Gasteiger charge is 2.67. The Bertz CT molecular complexity index is 500. The predicted octanol–water partition coefficient (Wildman–Crippen LogP) is 0.541. The summed E-state index contributed by atoms with van der Waals surface area (Å²) in [6, 6.07) is 9.50. The summed E-state index contributed by atoms with van der Waals surface area (Å²) in [7, 11) is -1.63. The standard InChI is InChI=1S/C12H17NO3S/c1-16-8-12(13)10(11(12)17(2,14)15)9-6-4-3-5-7-9/h3-7,10-11H,8,13H2,1-2H3/t10-,11+,12-/m0/s1. The van der Waals surface area contributed by atoms with Gasteiger partial charge in [-0.3, -0.25) is 0 Å². The molecule has 4 nitrogen and oxygen atoms in total. The molecule has 1 aromatic carbocycles. The van der Waals surface area contributed by atoms with Crippen molar-refractivity contribution in [3.05, 3.63) is 35.9 Å². The monoisotopic (exact) mass is 255 g/mol. The van der Waals surface area contributed by atoms with Gasteiger partial charge in [-0.15, -0.1) is 0 Å². The normalized spacial score (nSPS) is 32.4. The van der Waals surface area contributed by atoms with Gasteiger partial charge in [0, 0.05) is 19.3 Å². The molecule has 0 radical (unpaired) electrons. The molecule has 0 bridgehead atoms. The van der Waals surface area contributed by atoms with Gasteiger partial charge in [0.05, 0.1) is 17.4 Å². The van der Waals surface area contributed by atoms with Crippen molar-refractivity contribution in [2.45, 2.75) is 16.7 Å². The van der Waals surface area contributed by atoms with Crippen molar-refractivity contribution in [2.24, 2.45) is 5.73 Å². The molecular formula is C12H17NO3S. The fraction of sp³-hybridized carbons (Fsp3) is 0.500. The lowest BCUT2D eigenvalue weighted by atomic mass is 10.1. The largest absolute Gasteiger partial charge is 0.383 e. The molecule has 17 heavy (non-hydrogen) atoms. The van der Waals surface area contributed by atoms with Gasteiger partial charge in [-0.2, -0.15) is 0 Å². The molecule has 0 heterocycles. The second-order valence-corrected chi connectivity index (χ2v) is 6.85. The van der Waals surface area contributed by atoms with Gasteiger partial charge >= 0.3 is 0 Å². The molecule has 2 rings (SSSR count). The highest BCUT2D eigenvalue weighted by atomic mass is 32.2. The van der Waals surface area contributed by atoms with Crippen molar-refractivity contribution in [2.75, 3.05) is 20.0 Å². The number of ether oxygens (including phenoxy) is 1. The topological polar surface area (TPSA) is 69.4 Å². The van der Waals surface area contributed by atoms with Crippen molar-refractivity contribution >= 4 is 9.84 Å². The fourth-order valence-electron chi connectivity index (χ4n) is 2.64. The minimum atomic E-state index is -3.16. The average Bonchev–Trinajstić information content (AvgIpc) is 2.86. The van der Waals surface area contributed by atoms with E-state index in [1.165, 1.54) is 13.4 Å². The fourth-order valence-corrected chi connectivity index (χ4v) is 4.47. The first-order valence-corrected chi connectivity index (χ1v) is 7.38. The van der Waals surface area contributed by atoms with E-state index < -0.39 is 20.6 Å². The van der Waals surface area contributed by atoms with Crippen LogP contribution in [-0.4, -0.2) is 39.2 Å². The van der Waals surface area contributed by atoms with Crippen molar-refractivity contribution in [3.63, 3.8) is 0 Å². The van der Waals surface area contributed by atoms with E-state index in [-0.39, 0.29) is 12.5 Å². The molecule has 0 spiro atoms. The lowest BCUT2D eigenvalue weighted by Gasteiger charge is -2.09. The second-order valence-electron chi connectivity index (χ2n) is 4.68. The van der Waals surface area contributed by atoms with E-state index in [1.807, 2.05) is 30.3 Å². The molecule has 1 aromatic rings. The highest BCUT2D eigenvalue weighted by molar-refractivity contribution is 7.91. The van der Waals surface area contributed by atoms with Gasteiger partial charge < -0.3 is 10.5 Å². The lowest BCUT2D eigenvalue weighted by Crippen LogP contribution is -2.35. The van der Waals surface area contributed by atoms with Crippen LogP contribution < -0.4 is 5.73 Å². The van der Waals surface area contributed by atoms with Crippen LogP contribution in [0.3, 0.4) is 0 Å². The zero-order valence-electron chi connectivity index (χ0n) is 9.96. The molecule has 1 saturated carbocycles. The van der Waals surface area contributed by atoms with Gasteiger partial charge in [-0.1, -0.05) is 30.3 Å². The highest BCUT2D eigenvalue weighted by Crippen LogP contribution is 2.53. The van der Waals surface area contributed by atoms with Crippen LogP contribution in [0.5, 0.6) is 0 Å². The van der Waals surface area contributed by atoms with Crippen LogP contribution in [0, 0.1) is 0 Å². The summed E-state index contributed by atoms with van der Waals surface area (Å²) < 4.78 is 28.5. The maximum atomic E-state index is 11.7. The molecular weight excluding hydrogens is 238 g/mol. The first-order chi connectivity index (χ1) is 7.91. The molecule has 1 aliphatic carbocycles. The van der Waals surface area contributed by atoms with Crippen molar-refractivity contribution in [3.8, 4) is 0 Å². The van der Waals surface area contributed by atoms with E-state index in [0.29, 0.717) is 0 Å². The average molecular weight is 255 g/mol. The van der Waals surface area contributed by atoms with Crippen LogP contribution in [0.4, 0.5) is 0 Å². The number of sulfone groups is 1. The van der Waals surface area contributed by atoms with Crippen LogP contribution in [0.15, 0.2) is 30.3 Å². The maximum Gasteiger partial charge on any atom is 0.152 e. The molecule has 0 amide bonds. The number of rotatable bonds is 4. The van der Waals surface area contributed by atoms with Crippen LogP contribution >= 0.6 is 0 Å². The van der Waals surface area contributed by atoms with Gasteiger partial charge in [0.2, 0.25) is 0 Å². The quantitative estimate of drug-likeness (QED) is 0.852. The number of benzene rings is 1. The molecule has 1 aliphatic rings. The molecule has 5 heteroatoms. The summed E-state index contributed by atoms with van der Waals surface area (Å²) in [5, 5.41) is -0.544. The second kappa shape index (κ2) is 4.08. The Balaban J connectivity index is 2.35. The molecule has 1 fully saturated rings. The van der Waals surface area contributed by atoms with E-state index in [1.54, 1.807) is 0 Å². The Kier molecular flexibility index (Phi) is 3.01. The van der Waals surface area contributed by atoms with Crippen molar-refractivity contribution in [1.29, 1.82) is 0 Å². The van der Waals surface area contributed by atoms with E-state index in [2.05, 4.69) is 0 Å². The van der Waals surface area contributed by atoms with Gasteiger partial charge in [0.15, 0.2) is 9.84 Å². The number of nitrogens with two attached hydrogens (primary N) is 1. The number of hydrogen-bond donors (Lipinski definition) is 1. The Morgan fingerprint density at radius 2 is 1.94 bits per heavy atom. The molecule has 2 N–H and O–H groups in total. The first-order valence-electron chi connectivity index (χ1n) is 5.43. The summed E-state index contributed by atoms with van der Waals surface area (Å²) in [5.74, 6) is -0.168.